The van der Waals surface area contributed by atoms with E-state index in [1.807, 2.05) is 80.2 Å². The van der Waals surface area contributed by atoms with Crippen LogP contribution in [0.25, 0.3) is 23.0 Å². The van der Waals surface area contributed by atoms with E-state index in [1.54, 1.807) is 0 Å². The van der Waals surface area contributed by atoms with Crippen molar-refractivity contribution in [2.24, 2.45) is 4.99 Å². The van der Waals surface area contributed by atoms with Crippen LogP contribution in [0, 0.1) is 6.92 Å². The first-order valence-corrected chi connectivity index (χ1v) is 12.6. The van der Waals surface area contributed by atoms with Gasteiger partial charge in [-0.15, -0.1) is 0 Å². The molecule has 7 nitrogen and oxygen atoms in total. The second kappa shape index (κ2) is 10.1. The number of hydrogen-bond acceptors (Lipinski definition) is 6. The van der Waals surface area contributed by atoms with Gasteiger partial charge in [-0.25, -0.2) is 4.68 Å². The zero-order chi connectivity index (χ0) is 24.4. The molecular weight excluding hydrogens is 460 g/mol. The van der Waals surface area contributed by atoms with Crippen molar-refractivity contribution in [2.45, 2.75) is 26.9 Å². The number of morpholine rings is 1. The van der Waals surface area contributed by atoms with Gasteiger partial charge >= 0.3 is 0 Å². The van der Waals surface area contributed by atoms with Gasteiger partial charge < -0.3 is 14.4 Å². The third-order valence-corrected chi connectivity index (χ3v) is 6.80. The van der Waals surface area contributed by atoms with Crippen LogP contribution in [0.2, 0.25) is 0 Å². The number of para-hydroxylation sites is 1. The van der Waals surface area contributed by atoms with Crippen LogP contribution in [-0.4, -0.2) is 58.2 Å². The highest BCUT2D eigenvalue weighted by Crippen LogP contribution is 2.34. The average Bonchev–Trinajstić information content (AvgIpc) is 3.45. The fourth-order valence-corrected chi connectivity index (χ4v) is 5.00. The van der Waals surface area contributed by atoms with E-state index in [2.05, 4.69) is 16.0 Å². The Morgan fingerprint density at radius 2 is 1.89 bits per heavy atom. The Balaban J connectivity index is 1.51. The Labute approximate surface area is 209 Å². The maximum Gasteiger partial charge on any atom is 0.286 e. The average molecular weight is 489 g/mol. The fourth-order valence-electron chi connectivity index (χ4n) is 4.04. The number of hydrogen-bond donors (Lipinski definition) is 0. The Morgan fingerprint density at radius 3 is 2.60 bits per heavy atom. The van der Waals surface area contributed by atoms with Crippen molar-refractivity contribution in [3.63, 3.8) is 0 Å². The molecule has 2 aromatic carbocycles. The highest BCUT2D eigenvalue weighted by molar-refractivity contribution is 8.18. The van der Waals surface area contributed by atoms with Crippen molar-refractivity contribution in [2.75, 3.05) is 26.3 Å². The van der Waals surface area contributed by atoms with Crippen LogP contribution in [-0.2, 0) is 9.53 Å². The smallest absolute Gasteiger partial charge is 0.286 e. The molecule has 0 unspecified atom stereocenters. The fraction of sp³-hybridized carbons (Fsp3) is 0.296. The van der Waals surface area contributed by atoms with E-state index < -0.39 is 0 Å². The van der Waals surface area contributed by atoms with Gasteiger partial charge in [0.1, 0.15) is 11.4 Å². The Bertz CT molecular complexity index is 1290. The number of nitrogens with zero attached hydrogens (tertiary/aromatic N) is 4. The molecule has 1 amide bonds. The standard InChI is InChI=1S/C27H28N4O3S/c1-18(2)34-23-10-9-20(15-19(23)3)25-21(17-31(29-25)22-7-5-4-6-8-22)16-24-26(32)28-27(35-24)30-11-13-33-14-12-30/h4-10,15-18H,11-14H2,1-3H3/b24-16+. The Morgan fingerprint density at radius 1 is 1.11 bits per heavy atom. The molecule has 3 aromatic rings. The number of amides is 1. The van der Waals surface area contributed by atoms with Gasteiger partial charge in [0.15, 0.2) is 5.17 Å². The summed E-state index contributed by atoms with van der Waals surface area (Å²) in [7, 11) is 0. The molecule has 1 saturated heterocycles. The first-order valence-electron chi connectivity index (χ1n) is 11.8. The second-order valence-corrected chi connectivity index (χ2v) is 9.78. The van der Waals surface area contributed by atoms with Crippen molar-refractivity contribution < 1.29 is 14.3 Å². The SMILES string of the molecule is Cc1cc(-c2nn(-c3ccccc3)cc2/C=C2/SC(N3CCOCC3)=NC2=O)ccc1OC(C)C. The summed E-state index contributed by atoms with van der Waals surface area (Å²) >= 11 is 1.42. The maximum atomic E-state index is 12.8. The van der Waals surface area contributed by atoms with Gasteiger partial charge in [-0.3, -0.25) is 4.79 Å². The van der Waals surface area contributed by atoms with Crippen LogP contribution in [0.3, 0.4) is 0 Å². The number of benzene rings is 2. The van der Waals surface area contributed by atoms with Gasteiger partial charge in [0.2, 0.25) is 0 Å². The number of carbonyl (C=O) groups excluding carboxylic acids is 1. The van der Waals surface area contributed by atoms with E-state index in [9.17, 15) is 4.79 Å². The minimum absolute atomic E-state index is 0.100. The molecule has 180 valence electrons. The van der Waals surface area contributed by atoms with Gasteiger partial charge in [0.25, 0.3) is 5.91 Å². The molecule has 35 heavy (non-hydrogen) atoms. The largest absolute Gasteiger partial charge is 0.491 e. The maximum absolute atomic E-state index is 12.8. The van der Waals surface area contributed by atoms with Crippen LogP contribution in [0.15, 0.2) is 64.6 Å². The molecule has 5 rings (SSSR count). The highest BCUT2D eigenvalue weighted by atomic mass is 32.2. The molecule has 8 heteroatoms. The monoisotopic (exact) mass is 488 g/mol. The molecule has 1 aromatic heterocycles. The number of aryl methyl sites for hydroxylation is 1. The van der Waals surface area contributed by atoms with Gasteiger partial charge in [0, 0.05) is 30.4 Å². The summed E-state index contributed by atoms with van der Waals surface area (Å²) < 4.78 is 13.2. The molecule has 0 bridgehead atoms. The van der Waals surface area contributed by atoms with Crippen molar-refractivity contribution in [1.29, 1.82) is 0 Å². The van der Waals surface area contributed by atoms with E-state index in [-0.39, 0.29) is 12.0 Å². The lowest BCUT2D eigenvalue weighted by molar-refractivity contribution is -0.113. The molecule has 0 saturated carbocycles. The lowest BCUT2D eigenvalue weighted by atomic mass is 10.0. The number of rotatable bonds is 5. The van der Waals surface area contributed by atoms with Crippen molar-refractivity contribution in [1.82, 2.24) is 14.7 Å². The zero-order valence-electron chi connectivity index (χ0n) is 20.1. The van der Waals surface area contributed by atoms with Crippen molar-refractivity contribution in [3.05, 3.63) is 70.8 Å². The van der Waals surface area contributed by atoms with E-state index in [1.165, 1.54) is 11.8 Å². The van der Waals surface area contributed by atoms with Gasteiger partial charge in [0.05, 0.1) is 29.9 Å². The minimum Gasteiger partial charge on any atom is -0.491 e. The molecule has 3 heterocycles. The summed E-state index contributed by atoms with van der Waals surface area (Å²) in [6, 6.07) is 16.0. The summed E-state index contributed by atoms with van der Waals surface area (Å²) in [5.74, 6) is 0.642. The second-order valence-electron chi connectivity index (χ2n) is 8.77. The first kappa shape index (κ1) is 23.4. The van der Waals surface area contributed by atoms with E-state index in [0.717, 1.165) is 52.1 Å². The van der Waals surface area contributed by atoms with E-state index >= 15 is 0 Å². The summed E-state index contributed by atoms with van der Waals surface area (Å²) in [5.41, 5.74) is 4.61. The Hall–Kier alpha value is -3.36. The van der Waals surface area contributed by atoms with Crippen LogP contribution in [0.4, 0.5) is 0 Å². The van der Waals surface area contributed by atoms with Crippen molar-refractivity contribution >= 4 is 28.9 Å². The number of carbonyl (C=O) groups is 1. The Kier molecular flexibility index (Phi) is 6.74. The number of thioether (sulfide) groups is 1. The number of aliphatic imine (C=N–C) groups is 1. The normalized spacial score (nSPS) is 17.4. The lowest BCUT2D eigenvalue weighted by Crippen LogP contribution is -2.38. The molecule has 0 N–H and O–H groups in total. The van der Waals surface area contributed by atoms with E-state index in [0.29, 0.717) is 18.1 Å². The molecule has 0 spiro atoms. The molecule has 1 fully saturated rings. The van der Waals surface area contributed by atoms with Crippen molar-refractivity contribution in [3.8, 4) is 22.7 Å². The summed E-state index contributed by atoms with van der Waals surface area (Å²) in [5, 5.41) is 5.65. The van der Waals surface area contributed by atoms with E-state index in [4.69, 9.17) is 14.6 Å². The molecule has 2 aliphatic heterocycles. The zero-order valence-corrected chi connectivity index (χ0v) is 20.9. The summed E-state index contributed by atoms with van der Waals surface area (Å²) in [4.78, 5) is 19.8. The van der Waals surface area contributed by atoms with Crippen LogP contribution in [0.5, 0.6) is 5.75 Å². The van der Waals surface area contributed by atoms with Gasteiger partial charge in [-0.2, -0.15) is 10.1 Å². The third-order valence-electron chi connectivity index (χ3n) is 5.75. The van der Waals surface area contributed by atoms with Crippen LogP contribution in [0.1, 0.15) is 25.0 Å². The predicted molar refractivity (Wildman–Crippen MR) is 140 cm³/mol. The molecule has 0 aliphatic carbocycles. The molecule has 0 atom stereocenters. The summed E-state index contributed by atoms with van der Waals surface area (Å²) in [6.07, 6.45) is 3.97. The van der Waals surface area contributed by atoms with Gasteiger partial charge in [-0.1, -0.05) is 18.2 Å². The quantitative estimate of drug-likeness (QED) is 0.474. The van der Waals surface area contributed by atoms with Crippen LogP contribution >= 0.6 is 11.8 Å². The van der Waals surface area contributed by atoms with Gasteiger partial charge in [-0.05, 0) is 74.5 Å². The predicted octanol–water partition coefficient (Wildman–Crippen LogP) is 4.94. The third kappa shape index (κ3) is 5.18. The molecular formula is C27H28N4O3S. The number of amidine groups is 1. The van der Waals surface area contributed by atoms with Crippen LogP contribution < -0.4 is 4.74 Å². The highest BCUT2D eigenvalue weighted by Gasteiger charge is 2.28. The molecule has 0 radical (unpaired) electrons. The number of aromatic nitrogens is 2. The molecule has 2 aliphatic rings. The lowest BCUT2D eigenvalue weighted by Gasteiger charge is -2.27. The number of ether oxygens (including phenoxy) is 2. The topological polar surface area (TPSA) is 69.0 Å². The minimum atomic E-state index is -0.216. The summed E-state index contributed by atoms with van der Waals surface area (Å²) in [6.45, 7) is 8.85. The first-order chi connectivity index (χ1) is 17.0.